The van der Waals surface area contributed by atoms with Crippen molar-refractivity contribution in [3.8, 4) is 23.0 Å². The van der Waals surface area contributed by atoms with Gasteiger partial charge in [0.25, 0.3) is 5.91 Å². The molecule has 2 aromatic rings. The maximum Gasteiger partial charge on any atom is 0.328 e. The maximum absolute atomic E-state index is 12.7. The Kier molecular flexibility index (Phi) is 5.01. The number of hydrogen-bond donors (Lipinski definition) is 2. The first-order chi connectivity index (χ1) is 14.5. The van der Waals surface area contributed by atoms with Crippen molar-refractivity contribution < 1.29 is 34.0 Å². The van der Waals surface area contributed by atoms with Crippen LogP contribution in [0, 0.1) is 0 Å². The van der Waals surface area contributed by atoms with Crippen LogP contribution >= 0.6 is 0 Å². The third kappa shape index (κ3) is 3.52. The average molecular weight is 410 g/mol. The highest BCUT2D eigenvalue weighted by Crippen LogP contribution is 2.42. The molecule has 9 nitrogen and oxygen atoms in total. The van der Waals surface area contributed by atoms with Gasteiger partial charge in [-0.2, -0.15) is 5.10 Å². The standard InChI is InChI=1S/C21H18N2O7/c1-28-17-4-2-3-13(21(17)27)15-10-14(22-23(15)19(24)7-8-20(25)26)12-5-6-16-18(9-12)30-11-29-16/h2-9,15,27H,10-11H2,1H3,(H,25,26)/b8-7+/t15-/m1/s1. The Morgan fingerprint density at radius 2 is 2.00 bits per heavy atom. The second-order valence-electron chi connectivity index (χ2n) is 6.59. The third-order valence-electron chi connectivity index (χ3n) is 4.82. The quantitative estimate of drug-likeness (QED) is 0.727. The Balaban J connectivity index is 1.73. The number of carbonyl (C=O) groups is 2. The number of carbonyl (C=O) groups excluding carboxylic acids is 1. The first kappa shape index (κ1) is 19.3. The summed E-state index contributed by atoms with van der Waals surface area (Å²) in [5, 5.41) is 25.0. The molecule has 2 heterocycles. The molecular weight excluding hydrogens is 392 g/mol. The van der Waals surface area contributed by atoms with Crippen molar-refractivity contribution in [3.63, 3.8) is 0 Å². The molecule has 0 aromatic heterocycles. The lowest BCUT2D eigenvalue weighted by Gasteiger charge is -2.22. The molecule has 4 rings (SSSR count). The van der Waals surface area contributed by atoms with Crippen LogP contribution in [0.25, 0.3) is 0 Å². The van der Waals surface area contributed by atoms with E-state index in [-0.39, 0.29) is 18.3 Å². The number of nitrogens with zero attached hydrogens (tertiary/aromatic N) is 2. The number of fused-ring (bicyclic) bond motifs is 1. The van der Waals surface area contributed by atoms with Crippen molar-refractivity contribution in [2.24, 2.45) is 5.10 Å². The Hall–Kier alpha value is -4.01. The number of rotatable bonds is 5. The van der Waals surface area contributed by atoms with E-state index in [4.69, 9.17) is 19.3 Å². The molecule has 0 saturated heterocycles. The Morgan fingerprint density at radius 3 is 2.77 bits per heavy atom. The predicted octanol–water partition coefficient (Wildman–Crippen LogP) is 2.45. The molecule has 2 aliphatic heterocycles. The molecule has 0 saturated carbocycles. The van der Waals surface area contributed by atoms with Gasteiger partial charge in [-0.25, -0.2) is 9.80 Å². The van der Waals surface area contributed by atoms with Crippen LogP contribution in [0.1, 0.15) is 23.6 Å². The van der Waals surface area contributed by atoms with Crippen LogP contribution in [0.5, 0.6) is 23.0 Å². The molecule has 30 heavy (non-hydrogen) atoms. The number of para-hydroxylation sites is 1. The van der Waals surface area contributed by atoms with Crippen molar-refractivity contribution in [3.05, 3.63) is 59.7 Å². The number of aromatic hydroxyl groups is 1. The van der Waals surface area contributed by atoms with Gasteiger partial charge < -0.3 is 24.4 Å². The minimum Gasteiger partial charge on any atom is -0.504 e. The first-order valence-electron chi connectivity index (χ1n) is 9.05. The summed E-state index contributed by atoms with van der Waals surface area (Å²) in [5.74, 6) is -0.517. The van der Waals surface area contributed by atoms with Crippen molar-refractivity contribution in [2.75, 3.05) is 13.9 Å². The van der Waals surface area contributed by atoms with Gasteiger partial charge in [0.15, 0.2) is 23.0 Å². The molecule has 0 radical (unpaired) electrons. The number of aliphatic carboxylic acids is 1. The monoisotopic (exact) mass is 410 g/mol. The summed E-state index contributed by atoms with van der Waals surface area (Å²) in [6, 6.07) is 9.65. The molecule has 2 aromatic carbocycles. The van der Waals surface area contributed by atoms with E-state index in [1.54, 1.807) is 36.4 Å². The maximum atomic E-state index is 12.7. The van der Waals surface area contributed by atoms with Crippen LogP contribution in [0.15, 0.2) is 53.7 Å². The largest absolute Gasteiger partial charge is 0.504 e. The number of amides is 1. The van der Waals surface area contributed by atoms with E-state index in [0.29, 0.717) is 29.2 Å². The molecule has 0 spiro atoms. The molecule has 2 aliphatic rings. The van der Waals surface area contributed by atoms with Gasteiger partial charge in [0.05, 0.1) is 18.9 Å². The second-order valence-corrected chi connectivity index (χ2v) is 6.59. The predicted molar refractivity (Wildman–Crippen MR) is 105 cm³/mol. The number of methoxy groups -OCH3 is 1. The van der Waals surface area contributed by atoms with Gasteiger partial charge in [0.2, 0.25) is 6.79 Å². The Bertz CT molecular complexity index is 1080. The van der Waals surface area contributed by atoms with Gasteiger partial charge in [-0.3, -0.25) is 4.79 Å². The zero-order valence-corrected chi connectivity index (χ0v) is 15.9. The summed E-state index contributed by atoms with van der Waals surface area (Å²) >= 11 is 0. The Morgan fingerprint density at radius 1 is 1.20 bits per heavy atom. The molecular formula is C21H18N2O7. The van der Waals surface area contributed by atoms with E-state index >= 15 is 0 Å². The normalized spacial score (nSPS) is 17.3. The zero-order chi connectivity index (χ0) is 21.3. The number of ether oxygens (including phenoxy) is 3. The molecule has 154 valence electrons. The van der Waals surface area contributed by atoms with Crippen molar-refractivity contribution >= 4 is 17.6 Å². The van der Waals surface area contributed by atoms with E-state index in [1.165, 1.54) is 7.11 Å². The number of carboxylic acid groups (broad SMARTS) is 1. The summed E-state index contributed by atoms with van der Waals surface area (Å²) < 4.78 is 15.9. The smallest absolute Gasteiger partial charge is 0.328 e. The fourth-order valence-corrected chi connectivity index (χ4v) is 3.40. The summed E-state index contributed by atoms with van der Waals surface area (Å²) in [5.41, 5.74) is 1.74. The summed E-state index contributed by atoms with van der Waals surface area (Å²) in [6.45, 7) is 0.135. The number of phenols is 1. The third-order valence-corrected chi connectivity index (χ3v) is 4.82. The van der Waals surface area contributed by atoms with Gasteiger partial charge in [-0.1, -0.05) is 12.1 Å². The average Bonchev–Trinajstić information content (AvgIpc) is 3.38. The lowest BCUT2D eigenvalue weighted by atomic mass is 9.97. The summed E-state index contributed by atoms with van der Waals surface area (Å²) in [4.78, 5) is 23.5. The SMILES string of the molecule is COc1cccc([C@H]2CC(c3ccc4c(c3)OCO4)=NN2C(=O)/C=C/C(=O)O)c1O. The molecule has 9 heteroatoms. The fraction of sp³-hybridized carbons (Fsp3) is 0.190. The van der Waals surface area contributed by atoms with Crippen molar-refractivity contribution in [1.82, 2.24) is 5.01 Å². The lowest BCUT2D eigenvalue weighted by Crippen LogP contribution is -2.25. The second kappa shape index (κ2) is 7.78. The van der Waals surface area contributed by atoms with Crippen LogP contribution in [0.3, 0.4) is 0 Å². The fourth-order valence-electron chi connectivity index (χ4n) is 3.40. The van der Waals surface area contributed by atoms with E-state index in [9.17, 15) is 14.7 Å². The van der Waals surface area contributed by atoms with Gasteiger partial charge in [-0.05, 0) is 24.3 Å². The lowest BCUT2D eigenvalue weighted by molar-refractivity contribution is -0.132. The molecule has 2 N–H and O–H groups in total. The van der Waals surface area contributed by atoms with E-state index in [2.05, 4.69) is 5.10 Å². The highest BCUT2D eigenvalue weighted by atomic mass is 16.7. The van der Waals surface area contributed by atoms with E-state index in [1.807, 2.05) is 0 Å². The van der Waals surface area contributed by atoms with E-state index in [0.717, 1.165) is 22.7 Å². The van der Waals surface area contributed by atoms with Crippen molar-refractivity contribution in [1.29, 1.82) is 0 Å². The van der Waals surface area contributed by atoms with Crippen LogP contribution in [-0.2, 0) is 9.59 Å². The zero-order valence-electron chi connectivity index (χ0n) is 15.9. The molecule has 0 aliphatic carbocycles. The molecule has 0 bridgehead atoms. The first-order valence-corrected chi connectivity index (χ1v) is 9.05. The number of hydrogen-bond acceptors (Lipinski definition) is 7. The topological polar surface area (TPSA) is 118 Å². The van der Waals surface area contributed by atoms with Crippen LogP contribution in [0.2, 0.25) is 0 Å². The summed E-state index contributed by atoms with van der Waals surface area (Å²) in [7, 11) is 1.43. The minimum absolute atomic E-state index is 0.104. The highest BCUT2D eigenvalue weighted by Gasteiger charge is 2.35. The van der Waals surface area contributed by atoms with Crippen LogP contribution in [0.4, 0.5) is 0 Å². The minimum atomic E-state index is -1.25. The molecule has 0 unspecified atom stereocenters. The number of hydrazone groups is 1. The van der Waals surface area contributed by atoms with Gasteiger partial charge >= 0.3 is 5.97 Å². The summed E-state index contributed by atoms with van der Waals surface area (Å²) in [6.07, 6.45) is 1.98. The van der Waals surface area contributed by atoms with Crippen LogP contribution in [-0.4, -0.2) is 46.7 Å². The molecule has 0 fully saturated rings. The van der Waals surface area contributed by atoms with Gasteiger partial charge in [-0.15, -0.1) is 0 Å². The molecule has 1 atom stereocenters. The molecule has 1 amide bonds. The van der Waals surface area contributed by atoms with Crippen molar-refractivity contribution in [2.45, 2.75) is 12.5 Å². The van der Waals surface area contributed by atoms with Gasteiger partial charge in [0.1, 0.15) is 0 Å². The number of benzene rings is 2. The van der Waals surface area contributed by atoms with E-state index < -0.39 is 17.9 Å². The highest BCUT2D eigenvalue weighted by molar-refractivity contribution is 6.05. The van der Waals surface area contributed by atoms with Gasteiger partial charge in [0, 0.05) is 29.7 Å². The number of phenolic OH excluding ortho intramolecular Hbond substituents is 1. The van der Waals surface area contributed by atoms with Crippen LogP contribution < -0.4 is 14.2 Å². The number of carboxylic acids is 1. The Labute approximate surface area is 171 Å².